The van der Waals surface area contributed by atoms with Gasteiger partial charge in [-0.15, -0.1) is 11.8 Å². The Bertz CT molecular complexity index is 392. The van der Waals surface area contributed by atoms with Crippen LogP contribution in [-0.4, -0.2) is 17.7 Å². The number of nitrogens with two attached hydrogens (primary N) is 1. The molecule has 1 aliphatic heterocycles. The Labute approximate surface area is 93.4 Å². The maximum atomic E-state index is 11.4. The van der Waals surface area contributed by atoms with E-state index in [9.17, 15) is 4.79 Å². The molecule has 1 atom stereocenters. The van der Waals surface area contributed by atoms with Crippen molar-refractivity contribution in [3.05, 3.63) is 23.8 Å². The van der Waals surface area contributed by atoms with E-state index in [1.165, 1.54) is 5.56 Å². The van der Waals surface area contributed by atoms with Crippen LogP contribution in [0.1, 0.15) is 12.5 Å². The molecule has 0 spiro atoms. The predicted molar refractivity (Wildman–Crippen MR) is 63.1 cm³/mol. The van der Waals surface area contributed by atoms with Crippen molar-refractivity contribution < 1.29 is 4.79 Å². The molecule has 1 aliphatic rings. The fourth-order valence-electron chi connectivity index (χ4n) is 1.57. The summed E-state index contributed by atoms with van der Waals surface area (Å²) >= 11 is 1.61. The Morgan fingerprint density at radius 1 is 1.53 bits per heavy atom. The highest BCUT2D eigenvalue weighted by atomic mass is 32.2. The number of anilines is 1. The van der Waals surface area contributed by atoms with Gasteiger partial charge in [0.15, 0.2) is 0 Å². The Kier molecular flexibility index (Phi) is 2.98. The van der Waals surface area contributed by atoms with E-state index >= 15 is 0 Å². The molecule has 3 N–H and O–H groups in total. The van der Waals surface area contributed by atoms with E-state index in [-0.39, 0.29) is 11.2 Å². The second-order valence-corrected chi connectivity index (χ2v) is 5.00. The number of hydrogen-bond donors (Lipinski definition) is 2. The largest absolute Gasteiger partial charge is 0.330 e. The van der Waals surface area contributed by atoms with Gasteiger partial charge < -0.3 is 11.1 Å². The first-order valence-corrected chi connectivity index (χ1v) is 5.89. The zero-order valence-electron chi connectivity index (χ0n) is 8.62. The van der Waals surface area contributed by atoms with Gasteiger partial charge in [-0.3, -0.25) is 4.79 Å². The molecule has 0 saturated heterocycles. The lowest BCUT2D eigenvalue weighted by Gasteiger charge is -2.21. The lowest BCUT2D eigenvalue weighted by atomic mass is 10.1. The Morgan fingerprint density at radius 3 is 3.07 bits per heavy atom. The minimum Gasteiger partial charge on any atom is -0.330 e. The lowest BCUT2D eigenvalue weighted by molar-refractivity contribution is -0.115. The van der Waals surface area contributed by atoms with Gasteiger partial charge in [0.1, 0.15) is 0 Å². The zero-order chi connectivity index (χ0) is 10.8. The molecular formula is C11H14N2OS. The number of amides is 1. The number of hydrogen-bond acceptors (Lipinski definition) is 3. The molecule has 1 amide bonds. The third-order valence-electron chi connectivity index (χ3n) is 2.41. The number of carbonyl (C=O) groups is 1. The van der Waals surface area contributed by atoms with Crippen molar-refractivity contribution in [3.8, 4) is 0 Å². The fraction of sp³-hybridized carbons (Fsp3) is 0.364. The molecule has 0 aromatic heterocycles. The summed E-state index contributed by atoms with van der Waals surface area (Å²) in [5.74, 6) is 0.0825. The SMILES string of the molecule is CC1Sc2cc(CCN)ccc2NC1=O. The third-order valence-corrected chi connectivity index (χ3v) is 3.57. The second-order valence-electron chi connectivity index (χ2n) is 3.62. The van der Waals surface area contributed by atoms with Crippen LogP contribution in [0.5, 0.6) is 0 Å². The van der Waals surface area contributed by atoms with E-state index in [0.717, 1.165) is 17.0 Å². The van der Waals surface area contributed by atoms with E-state index in [1.54, 1.807) is 11.8 Å². The van der Waals surface area contributed by atoms with Crippen LogP contribution in [0.3, 0.4) is 0 Å². The van der Waals surface area contributed by atoms with Crippen molar-refractivity contribution in [3.63, 3.8) is 0 Å². The van der Waals surface area contributed by atoms with Gasteiger partial charge in [0.2, 0.25) is 5.91 Å². The molecule has 80 valence electrons. The number of carbonyl (C=O) groups excluding carboxylic acids is 1. The molecule has 2 rings (SSSR count). The highest BCUT2D eigenvalue weighted by Crippen LogP contribution is 2.35. The van der Waals surface area contributed by atoms with Crippen LogP contribution in [0.4, 0.5) is 5.69 Å². The van der Waals surface area contributed by atoms with Gasteiger partial charge in [0, 0.05) is 4.90 Å². The third kappa shape index (κ3) is 2.16. The number of thioether (sulfide) groups is 1. The van der Waals surface area contributed by atoms with Crippen molar-refractivity contribution >= 4 is 23.4 Å². The molecule has 0 bridgehead atoms. The topological polar surface area (TPSA) is 55.1 Å². The number of fused-ring (bicyclic) bond motifs is 1. The molecule has 0 fully saturated rings. The Morgan fingerprint density at radius 2 is 2.33 bits per heavy atom. The van der Waals surface area contributed by atoms with Crippen LogP contribution in [0, 0.1) is 0 Å². The van der Waals surface area contributed by atoms with Crippen LogP contribution in [0.2, 0.25) is 0 Å². The van der Waals surface area contributed by atoms with E-state index in [0.29, 0.717) is 6.54 Å². The first kappa shape index (κ1) is 10.5. The Hall–Kier alpha value is -1.00. The average molecular weight is 222 g/mol. The van der Waals surface area contributed by atoms with Crippen LogP contribution < -0.4 is 11.1 Å². The molecule has 1 aromatic carbocycles. The second kappa shape index (κ2) is 4.24. The minimum absolute atomic E-state index is 0.00868. The summed E-state index contributed by atoms with van der Waals surface area (Å²) in [7, 11) is 0. The molecule has 0 radical (unpaired) electrons. The maximum Gasteiger partial charge on any atom is 0.237 e. The zero-order valence-corrected chi connectivity index (χ0v) is 9.43. The van der Waals surface area contributed by atoms with Gasteiger partial charge in [-0.25, -0.2) is 0 Å². The van der Waals surface area contributed by atoms with Crippen molar-refractivity contribution in [2.45, 2.75) is 23.5 Å². The number of benzene rings is 1. The molecule has 0 aliphatic carbocycles. The molecule has 15 heavy (non-hydrogen) atoms. The molecule has 0 saturated carbocycles. The summed E-state index contributed by atoms with van der Waals surface area (Å²) < 4.78 is 0. The van der Waals surface area contributed by atoms with Crippen LogP contribution in [0.15, 0.2) is 23.1 Å². The summed E-state index contributed by atoms with van der Waals surface area (Å²) in [5, 5.41) is 2.88. The molecule has 1 heterocycles. The van der Waals surface area contributed by atoms with Crippen molar-refractivity contribution in [2.24, 2.45) is 5.73 Å². The van der Waals surface area contributed by atoms with Crippen LogP contribution in [0.25, 0.3) is 0 Å². The highest BCUT2D eigenvalue weighted by molar-refractivity contribution is 8.00. The quantitative estimate of drug-likeness (QED) is 0.799. The van der Waals surface area contributed by atoms with Gasteiger partial charge in [-0.2, -0.15) is 0 Å². The summed E-state index contributed by atoms with van der Waals surface area (Å²) in [6, 6.07) is 6.09. The molecule has 1 aromatic rings. The fourth-order valence-corrected chi connectivity index (χ4v) is 2.58. The molecular weight excluding hydrogens is 208 g/mol. The maximum absolute atomic E-state index is 11.4. The van der Waals surface area contributed by atoms with Gasteiger partial charge in [0.25, 0.3) is 0 Å². The van der Waals surface area contributed by atoms with Gasteiger partial charge >= 0.3 is 0 Å². The van der Waals surface area contributed by atoms with Gasteiger partial charge in [-0.1, -0.05) is 6.07 Å². The molecule has 3 nitrogen and oxygen atoms in total. The van der Waals surface area contributed by atoms with Crippen LogP contribution >= 0.6 is 11.8 Å². The van der Waals surface area contributed by atoms with Gasteiger partial charge in [0.05, 0.1) is 10.9 Å². The average Bonchev–Trinajstić information content (AvgIpc) is 2.21. The summed E-state index contributed by atoms with van der Waals surface area (Å²) in [5.41, 5.74) is 7.66. The van der Waals surface area contributed by atoms with Crippen molar-refractivity contribution in [1.29, 1.82) is 0 Å². The lowest BCUT2D eigenvalue weighted by Crippen LogP contribution is -2.26. The summed E-state index contributed by atoms with van der Waals surface area (Å²) in [4.78, 5) is 12.6. The molecule has 4 heteroatoms. The predicted octanol–water partition coefficient (Wildman–Crippen LogP) is 1.62. The first-order valence-electron chi connectivity index (χ1n) is 5.01. The summed E-state index contributed by atoms with van der Waals surface area (Å²) in [6.07, 6.45) is 0.885. The number of rotatable bonds is 2. The van der Waals surface area contributed by atoms with E-state index < -0.39 is 0 Å². The van der Waals surface area contributed by atoms with Crippen LogP contribution in [-0.2, 0) is 11.2 Å². The molecule has 1 unspecified atom stereocenters. The van der Waals surface area contributed by atoms with Crippen molar-refractivity contribution in [1.82, 2.24) is 0 Å². The highest BCUT2D eigenvalue weighted by Gasteiger charge is 2.22. The van der Waals surface area contributed by atoms with E-state index in [2.05, 4.69) is 11.4 Å². The normalized spacial score (nSPS) is 19.6. The monoisotopic (exact) mass is 222 g/mol. The van der Waals surface area contributed by atoms with E-state index in [1.807, 2.05) is 19.1 Å². The summed E-state index contributed by atoms with van der Waals surface area (Å²) in [6.45, 7) is 2.57. The first-order chi connectivity index (χ1) is 7.20. The Balaban J connectivity index is 2.29. The smallest absolute Gasteiger partial charge is 0.237 e. The van der Waals surface area contributed by atoms with E-state index in [4.69, 9.17) is 5.73 Å². The number of nitrogens with one attached hydrogen (secondary N) is 1. The minimum atomic E-state index is -0.00868. The van der Waals surface area contributed by atoms with Gasteiger partial charge in [-0.05, 0) is 37.6 Å². The van der Waals surface area contributed by atoms with Crippen molar-refractivity contribution in [2.75, 3.05) is 11.9 Å². The standard InChI is InChI=1S/C11H14N2OS/c1-7-11(14)13-9-3-2-8(4-5-12)6-10(9)15-7/h2-3,6-7H,4-5,12H2,1H3,(H,13,14).